The molecule has 0 bridgehead atoms. The van der Waals surface area contributed by atoms with Gasteiger partial charge in [0.05, 0.1) is 23.6 Å². The zero-order valence-corrected chi connectivity index (χ0v) is 21.8. The molecule has 1 amide bonds. The predicted octanol–water partition coefficient (Wildman–Crippen LogP) is 5.34. The minimum atomic E-state index is -1.58. The average Bonchev–Trinajstić information content (AvgIpc) is 3.21. The lowest BCUT2D eigenvalue weighted by Crippen LogP contribution is -2.22. The second-order valence-corrected chi connectivity index (χ2v) is 9.70. The van der Waals surface area contributed by atoms with Gasteiger partial charge in [-0.1, -0.05) is 18.2 Å². The Morgan fingerprint density at radius 3 is 2.51 bits per heavy atom. The third kappa shape index (κ3) is 6.63. The third-order valence-corrected chi connectivity index (χ3v) is 6.98. The van der Waals surface area contributed by atoms with Gasteiger partial charge in [-0.3, -0.25) is 4.79 Å². The van der Waals surface area contributed by atoms with Crippen molar-refractivity contribution in [1.82, 2.24) is 14.7 Å². The Kier molecular flexibility index (Phi) is 8.37. The van der Waals surface area contributed by atoms with Crippen LogP contribution in [0.4, 0.5) is 0 Å². The van der Waals surface area contributed by atoms with E-state index in [1.807, 2.05) is 43.3 Å². The van der Waals surface area contributed by atoms with Crippen LogP contribution in [0.3, 0.4) is 0 Å². The van der Waals surface area contributed by atoms with Crippen LogP contribution in [0.25, 0.3) is 21.6 Å². The first-order valence-electron chi connectivity index (χ1n) is 11.9. The van der Waals surface area contributed by atoms with Gasteiger partial charge in [0.25, 0.3) is 5.88 Å². The topological polar surface area (TPSA) is 117 Å². The van der Waals surface area contributed by atoms with E-state index < -0.39 is 10.9 Å². The number of nitrogens with zero attached hydrogens (tertiary/aromatic N) is 2. The van der Waals surface area contributed by atoms with Crippen LogP contribution in [0.15, 0.2) is 60.7 Å². The first-order chi connectivity index (χ1) is 17.8. The molecule has 37 heavy (non-hydrogen) atoms. The molecule has 2 N–H and O–H groups in total. The van der Waals surface area contributed by atoms with E-state index in [-0.39, 0.29) is 11.8 Å². The molecule has 1 atom stereocenters. The molecular formula is C28H29N3O5S. The molecule has 0 aliphatic rings. The lowest BCUT2D eigenvalue weighted by molar-refractivity contribution is -0.118. The average molecular weight is 520 g/mol. The number of pyridine rings is 1. The van der Waals surface area contributed by atoms with Gasteiger partial charge in [0.15, 0.2) is 0 Å². The molecule has 192 valence electrons. The van der Waals surface area contributed by atoms with Crippen LogP contribution in [-0.2, 0) is 11.4 Å². The van der Waals surface area contributed by atoms with Crippen LogP contribution in [-0.4, -0.2) is 38.1 Å². The summed E-state index contributed by atoms with van der Waals surface area (Å²) in [7, 11) is -1.58. The molecule has 0 aliphatic heterocycles. The Bertz CT molecular complexity index is 1390. The predicted molar refractivity (Wildman–Crippen MR) is 142 cm³/mol. The molecular weight excluding hydrogens is 490 g/mol. The van der Waals surface area contributed by atoms with E-state index in [2.05, 4.69) is 27.7 Å². The number of carbonyl (C=O) groups is 1. The third-order valence-electron chi connectivity index (χ3n) is 5.90. The Morgan fingerprint density at radius 2 is 1.84 bits per heavy atom. The van der Waals surface area contributed by atoms with Crippen molar-refractivity contribution in [1.29, 1.82) is 0 Å². The van der Waals surface area contributed by atoms with Crippen molar-refractivity contribution < 1.29 is 23.9 Å². The molecule has 0 fully saturated rings. The smallest absolute Gasteiger partial charge is 0.270 e. The fourth-order valence-electron chi connectivity index (χ4n) is 3.94. The minimum Gasteiger partial charge on any atom is -0.568 e. The number of hydrogen-bond acceptors (Lipinski definition) is 7. The number of carbonyl (C=O) groups excluding carboxylic acids is 1. The largest absolute Gasteiger partial charge is 0.568 e. The number of amides is 1. The second kappa shape index (κ2) is 11.9. The van der Waals surface area contributed by atoms with E-state index in [1.54, 1.807) is 12.1 Å². The van der Waals surface area contributed by atoms with Gasteiger partial charge >= 0.3 is 0 Å². The number of ether oxygens (including phenoxy) is 2. The van der Waals surface area contributed by atoms with Crippen LogP contribution in [0.5, 0.6) is 17.5 Å². The summed E-state index contributed by atoms with van der Waals surface area (Å²) >= 11 is 0. The van der Waals surface area contributed by atoms with E-state index in [0.717, 1.165) is 33.5 Å². The first-order valence-corrected chi connectivity index (χ1v) is 13.0. The Morgan fingerprint density at radius 1 is 1.05 bits per heavy atom. The van der Waals surface area contributed by atoms with Gasteiger partial charge < -0.3 is 24.4 Å². The van der Waals surface area contributed by atoms with Gasteiger partial charge in [-0.25, -0.2) is 4.98 Å². The summed E-state index contributed by atoms with van der Waals surface area (Å²) in [6, 6.07) is 18.6. The van der Waals surface area contributed by atoms with E-state index >= 15 is 0 Å². The quantitative estimate of drug-likeness (QED) is 0.214. The molecule has 2 aromatic carbocycles. The molecule has 0 saturated carbocycles. The normalized spacial score (nSPS) is 11.3. The van der Waals surface area contributed by atoms with Crippen molar-refractivity contribution in [2.24, 2.45) is 0 Å². The zero-order chi connectivity index (χ0) is 26.4. The maximum Gasteiger partial charge on any atom is 0.270 e. The molecule has 4 aromatic rings. The van der Waals surface area contributed by atoms with E-state index in [4.69, 9.17) is 9.47 Å². The first kappa shape index (κ1) is 26.1. The van der Waals surface area contributed by atoms with Gasteiger partial charge in [-0.2, -0.15) is 0 Å². The number of aryl methyl sites for hydroxylation is 1. The summed E-state index contributed by atoms with van der Waals surface area (Å²) in [5, 5.41) is 12.2. The van der Waals surface area contributed by atoms with Gasteiger partial charge in [0.1, 0.15) is 12.4 Å². The highest BCUT2D eigenvalue weighted by Gasteiger charge is 2.15. The van der Waals surface area contributed by atoms with Crippen molar-refractivity contribution in [3.63, 3.8) is 0 Å². The van der Waals surface area contributed by atoms with Crippen LogP contribution < -0.4 is 14.8 Å². The fraction of sp³-hybridized carbons (Fsp3) is 0.250. The molecule has 2 aromatic heterocycles. The number of aromatic hydroxyl groups is 1. The summed E-state index contributed by atoms with van der Waals surface area (Å²) in [6.07, 6.45) is 0.710. The van der Waals surface area contributed by atoms with Crippen LogP contribution in [0.2, 0.25) is 0 Å². The summed E-state index contributed by atoms with van der Waals surface area (Å²) in [5.41, 5.74) is 5.85. The van der Waals surface area contributed by atoms with Crippen LogP contribution in [0, 0.1) is 13.8 Å². The zero-order valence-electron chi connectivity index (χ0n) is 21.0. The summed E-state index contributed by atoms with van der Waals surface area (Å²) in [6.45, 7) is 6.96. The number of hydrogen-bond donors (Lipinski definition) is 2. The van der Waals surface area contributed by atoms with Crippen LogP contribution in [0.1, 0.15) is 30.2 Å². The van der Waals surface area contributed by atoms with Crippen molar-refractivity contribution in [2.45, 2.75) is 33.8 Å². The van der Waals surface area contributed by atoms with Crippen LogP contribution >= 0.6 is 10.9 Å². The number of rotatable bonds is 10. The Labute approximate surface area is 218 Å². The summed E-state index contributed by atoms with van der Waals surface area (Å²) < 4.78 is 27.3. The van der Waals surface area contributed by atoms with E-state index in [1.165, 1.54) is 13.0 Å². The lowest BCUT2D eigenvalue weighted by Gasteiger charge is -2.15. The second-order valence-electron chi connectivity index (χ2n) is 8.58. The van der Waals surface area contributed by atoms with Gasteiger partial charge in [0, 0.05) is 40.7 Å². The SMILES string of the molecule is CC(=O)NCCCOc1ccc(-c2cccc(COc3ccc(-c4cc(O)n[s+]4[O-])cc3)c2C)c(C)n1. The van der Waals surface area contributed by atoms with Crippen molar-refractivity contribution in [2.75, 3.05) is 13.2 Å². The highest BCUT2D eigenvalue weighted by atomic mass is 32.2. The summed E-state index contributed by atoms with van der Waals surface area (Å²) in [5.74, 6) is 0.965. The maximum absolute atomic E-state index is 11.9. The van der Waals surface area contributed by atoms with E-state index in [0.29, 0.717) is 42.7 Å². The molecule has 1 unspecified atom stereocenters. The molecule has 0 spiro atoms. The van der Waals surface area contributed by atoms with Crippen molar-refractivity contribution in [3.05, 3.63) is 77.5 Å². The Balaban J connectivity index is 1.40. The highest BCUT2D eigenvalue weighted by molar-refractivity contribution is 7.23. The number of nitrogens with one attached hydrogen (secondary N) is 1. The molecule has 0 aliphatic carbocycles. The molecule has 4 rings (SSSR count). The summed E-state index contributed by atoms with van der Waals surface area (Å²) in [4.78, 5) is 16.0. The van der Waals surface area contributed by atoms with Gasteiger partial charge in [0.2, 0.25) is 16.7 Å². The van der Waals surface area contributed by atoms with E-state index in [9.17, 15) is 14.5 Å². The highest BCUT2D eigenvalue weighted by Crippen LogP contribution is 2.34. The van der Waals surface area contributed by atoms with Crippen molar-refractivity contribution in [3.8, 4) is 39.1 Å². The van der Waals surface area contributed by atoms with Crippen molar-refractivity contribution >= 4 is 16.9 Å². The molecule has 9 heteroatoms. The molecule has 0 saturated heterocycles. The Hall–Kier alpha value is -3.95. The molecule has 2 heterocycles. The number of benzene rings is 2. The molecule has 0 radical (unpaired) electrons. The molecule has 8 nitrogen and oxygen atoms in total. The standard InChI is InChI=1S/C28H29N3O5S/c1-18-22(17-36-23-10-8-21(9-11-23)26-16-27(33)31-37(26)34)6-4-7-24(18)25-12-13-28(30-19(25)2)35-15-5-14-29-20(3)32/h4,6-13,16H,5,14-15,17H2,1-3H3,(H,29,32)(H,31,33). The van der Waals surface area contributed by atoms with Gasteiger partial charge in [-0.05, 0) is 67.3 Å². The lowest BCUT2D eigenvalue weighted by atomic mass is 9.96. The fourth-order valence-corrected chi connectivity index (χ4v) is 4.80. The van der Waals surface area contributed by atoms with Gasteiger partial charge in [-0.15, -0.1) is 0 Å². The monoisotopic (exact) mass is 519 g/mol. The maximum atomic E-state index is 11.9. The minimum absolute atomic E-state index is 0.0485. The number of aromatic nitrogens is 2.